The molecule has 0 saturated heterocycles. The molecule has 16 heavy (non-hydrogen) atoms. The van der Waals surface area contributed by atoms with Gasteiger partial charge in [-0.25, -0.2) is 0 Å². The summed E-state index contributed by atoms with van der Waals surface area (Å²) in [6.07, 6.45) is -1.19. The Hall–Kier alpha value is -1.21. The maximum Gasteiger partial charge on any atom is 0.143 e. The molecule has 0 saturated carbocycles. The lowest BCUT2D eigenvalue weighted by atomic mass is 9.98. The van der Waals surface area contributed by atoms with E-state index in [0.717, 1.165) is 0 Å². The molecule has 0 aliphatic heterocycles. The molecule has 1 heterocycles. The lowest BCUT2D eigenvalue weighted by Gasteiger charge is -2.20. The maximum absolute atomic E-state index is 9.78. The van der Waals surface area contributed by atoms with Gasteiger partial charge < -0.3 is 26.2 Å². The second kappa shape index (κ2) is 5.22. The molecule has 90 valence electrons. The average Bonchev–Trinajstić information content (AvgIpc) is 2.30. The van der Waals surface area contributed by atoms with Gasteiger partial charge in [-0.05, 0) is 6.92 Å². The summed E-state index contributed by atoms with van der Waals surface area (Å²) >= 11 is 0. The molecule has 1 aromatic heterocycles. The third-order valence-electron chi connectivity index (χ3n) is 2.43. The largest absolute Gasteiger partial charge is 0.506 e. The van der Waals surface area contributed by atoms with Gasteiger partial charge in [-0.3, -0.25) is 4.98 Å². The van der Waals surface area contributed by atoms with E-state index in [4.69, 9.17) is 10.8 Å². The Bertz CT molecular complexity index is 370. The zero-order chi connectivity index (χ0) is 12.3. The van der Waals surface area contributed by atoms with Gasteiger partial charge in [-0.15, -0.1) is 0 Å². The van der Waals surface area contributed by atoms with E-state index >= 15 is 0 Å². The van der Waals surface area contributed by atoms with Gasteiger partial charge in [0.25, 0.3) is 0 Å². The van der Waals surface area contributed by atoms with Gasteiger partial charge in [0.2, 0.25) is 0 Å². The van der Waals surface area contributed by atoms with E-state index in [0.29, 0.717) is 5.69 Å². The molecular formula is C10H16N2O4. The van der Waals surface area contributed by atoms with Crippen molar-refractivity contribution in [2.75, 3.05) is 6.54 Å². The predicted molar refractivity (Wildman–Crippen MR) is 56.6 cm³/mol. The first-order chi connectivity index (χ1) is 7.52. The number of pyridine rings is 1. The first-order valence-electron chi connectivity index (χ1n) is 4.87. The molecule has 0 radical (unpaired) electrons. The summed E-state index contributed by atoms with van der Waals surface area (Å²) in [6.45, 7) is 1.03. The second-order valence-corrected chi connectivity index (χ2v) is 3.54. The van der Waals surface area contributed by atoms with Crippen LogP contribution in [0.25, 0.3) is 0 Å². The van der Waals surface area contributed by atoms with Gasteiger partial charge in [-0.2, -0.15) is 0 Å². The van der Waals surface area contributed by atoms with Gasteiger partial charge in [0.05, 0.1) is 18.4 Å². The summed E-state index contributed by atoms with van der Waals surface area (Å²) in [5.41, 5.74) is 5.88. The SMILES string of the molecule is Cc1ncc(CO)c(C(O)C(O)CN)c1O. The normalized spacial score (nSPS) is 14.8. The van der Waals surface area contributed by atoms with Crippen molar-refractivity contribution in [1.29, 1.82) is 0 Å². The highest BCUT2D eigenvalue weighted by molar-refractivity contribution is 5.42. The van der Waals surface area contributed by atoms with Crippen LogP contribution in [0.4, 0.5) is 0 Å². The molecule has 6 N–H and O–H groups in total. The monoisotopic (exact) mass is 228 g/mol. The van der Waals surface area contributed by atoms with Gasteiger partial charge in [0.15, 0.2) is 0 Å². The summed E-state index contributed by atoms with van der Waals surface area (Å²) in [7, 11) is 0. The molecule has 0 amide bonds. The minimum absolute atomic E-state index is 0.0768. The van der Waals surface area contributed by atoms with Crippen molar-refractivity contribution >= 4 is 0 Å². The van der Waals surface area contributed by atoms with Crippen LogP contribution in [0.1, 0.15) is 22.9 Å². The molecule has 6 heteroatoms. The van der Waals surface area contributed by atoms with Crippen LogP contribution in [0.15, 0.2) is 6.20 Å². The fraction of sp³-hybridized carbons (Fsp3) is 0.500. The van der Waals surface area contributed by atoms with Crippen LogP contribution in [0.3, 0.4) is 0 Å². The quantitative estimate of drug-likeness (QED) is 0.448. The van der Waals surface area contributed by atoms with Gasteiger partial charge in [-0.1, -0.05) is 0 Å². The maximum atomic E-state index is 9.78. The van der Waals surface area contributed by atoms with Crippen molar-refractivity contribution in [3.05, 3.63) is 23.0 Å². The Morgan fingerprint density at radius 2 is 2.06 bits per heavy atom. The molecule has 0 aliphatic rings. The number of aryl methyl sites for hydroxylation is 1. The number of nitrogens with two attached hydrogens (primary N) is 1. The number of aliphatic hydroxyl groups excluding tert-OH is 3. The molecule has 1 rings (SSSR count). The van der Waals surface area contributed by atoms with Crippen LogP contribution in [-0.2, 0) is 6.61 Å². The van der Waals surface area contributed by atoms with Crippen LogP contribution < -0.4 is 5.73 Å². The Kier molecular flexibility index (Phi) is 4.19. The van der Waals surface area contributed by atoms with E-state index < -0.39 is 12.2 Å². The number of hydrogen-bond donors (Lipinski definition) is 5. The first kappa shape index (κ1) is 12.9. The zero-order valence-electron chi connectivity index (χ0n) is 8.96. The molecule has 0 aromatic carbocycles. The highest BCUT2D eigenvalue weighted by Gasteiger charge is 2.24. The molecular weight excluding hydrogens is 212 g/mol. The highest BCUT2D eigenvalue weighted by atomic mass is 16.3. The topological polar surface area (TPSA) is 120 Å². The molecule has 0 bridgehead atoms. The fourth-order valence-corrected chi connectivity index (χ4v) is 1.43. The first-order valence-corrected chi connectivity index (χ1v) is 4.87. The average molecular weight is 228 g/mol. The molecule has 2 atom stereocenters. The summed E-state index contributed by atoms with van der Waals surface area (Å²) in [4.78, 5) is 3.84. The van der Waals surface area contributed by atoms with Gasteiger partial charge >= 0.3 is 0 Å². The lowest BCUT2D eigenvalue weighted by molar-refractivity contribution is 0.0216. The summed E-state index contributed by atoms with van der Waals surface area (Å²) < 4.78 is 0. The van der Waals surface area contributed by atoms with E-state index in [1.807, 2.05) is 0 Å². The number of aromatic hydroxyl groups is 1. The zero-order valence-corrected chi connectivity index (χ0v) is 8.96. The van der Waals surface area contributed by atoms with E-state index in [1.165, 1.54) is 6.20 Å². The number of hydrogen-bond acceptors (Lipinski definition) is 6. The number of aromatic nitrogens is 1. The van der Waals surface area contributed by atoms with E-state index in [1.54, 1.807) is 6.92 Å². The smallest absolute Gasteiger partial charge is 0.143 e. The van der Waals surface area contributed by atoms with Crippen LogP contribution in [0.2, 0.25) is 0 Å². The van der Waals surface area contributed by atoms with Crippen molar-refractivity contribution in [2.24, 2.45) is 5.73 Å². The van der Waals surface area contributed by atoms with E-state index in [9.17, 15) is 15.3 Å². The third-order valence-corrected chi connectivity index (χ3v) is 2.43. The molecule has 2 unspecified atom stereocenters. The van der Waals surface area contributed by atoms with Crippen molar-refractivity contribution in [1.82, 2.24) is 4.98 Å². The standard InChI is InChI=1S/C10H16N2O4/c1-5-9(15)8(6(4-13)3-12-5)10(16)7(14)2-11/h3,7,10,13-16H,2,4,11H2,1H3. The number of nitrogens with zero attached hydrogens (tertiary/aromatic N) is 1. The van der Waals surface area contributed by atoms with Crippen molar-refractivity contribution in [3.63, 3.8) is 0 Å². The molecule has 6 nitrogen and oxygen atoms in total. The molecule has 0 aliphatic carbocycles. The number of rotatable bonds is 4. The van der Waals surface area contributed by atoms with Gasteiger partial charge in [0, 0.05) is 23.9 Å². The highest BCUT2D eigenvalue weighted by Crippen LogP contribution is 2.31. The van der Waals surface area contributed by atoms with E-state index in [2.05, 4.69) is 4.98 Å². The summed E-state index contributed by atoms with van der Waals surface area (Å²) in [5, 5.41) is 38.0. The van der Waals surface area contributed by atoms with Gasteiger partial charge in [0.1, 0.15) is 11.9 Å². The molecule has 0 spiro atoms. The van der Waals surface area contributed by atoms with Crippen LogP contribution in [0, 0.1) is 6.92 Å². The summed E-state index contributed by atoms with van der Waals surface area (Å²) in [6, 6.07) is 0. The van der Waals surface area contributed by atoms with Crippen molar-refractivity contribution in [2.45, 2.75) is 25.7 Å². The Balaban J connectivity index is 3.23. The molecule has 1 aromatic rings. The fourth-order valence-electron chi connectivity index (χ4n) is 1.43. The number of aliphatic hydroxyl groups is 3. The second-order valence-electron chi connectivity index (χ2n) is 3.54. The van der Waals surface area contributed by atoms with E-state index in [-0.39, 0.29) is 30.0 Å². The Morgan fingerprint density at radius 3 is 2.56 bits per heavy atom. The van der Waals surface area contributed by atoms with Crippen LogP contribution in [0.5, 0.6) is 5.75 Å². The van der Waals surface area contributed by atoms with Crippen molar-refractivity contribution in [3.8, 4) is 5.75 Å². The van der Waals surface area contributed by atoms with Crippen LogP contribution >= 0.6 is 0 Å². The Morgan fingerprint density at radius 1 is 1.44 bits per heavy atom. The Labute approximate surface area is 93.0 Å². The summed E-state index contributed by atoms with van der Waals surface area (Å²) in [5.74, 6) is -0.230. The minimum atomic E-state index is -1.34. The lowest BCUT2D eigenvalue weighted by Crippen LogP contribution is -2.28. The van der Waals surface area contributed by atoms with Crippen molar-refractivity contribution < 1.29 is 20.4 Å². The third kappa shape index (κ3) is 2.30. The minimum Gasteiger partial charge on any atom is -0.506 e. The predicted octanol–water partition coefficient (Wildman–Crippen LogP) is -1.06. The van der Waals surface area contributed by atoms with Crippen LogP contribution in [-0.4, -0.2) is 38.1 Å². The molecule has 0 fully saturated rings.